The van der Waals surface area contributed by atoms with Crippen molar-refractivity contribution >= 4 is 16.8 Å². The molecule has 2 aromatic heterocycles. The summed E-state index contributed by atoms with van der Waals surface area (Å²) in [5.41, 5.74) is 3.93. The first-order valence-electron chi connectivity index (χ1n) is 11.0. The van der Waals surface area contributed by atoms with Gasteiger partial charge >= 0.3 is 0 Å². The molecule has 0 spiro atoms. The molecular weight excluding hydrogens is 400 g/mol. The molecule has 5 rings (SSSR count). The Morgan fingerprint density at radius 3 is 2.78 bits per heavy atom. The van der Waals surface area contributed by atoms with Crippen LogP contribution in [0.15, 0.2) is 79.3 Å². The van der Waals surface area contributed by atoms with Crippen molar-refractivity contribution in [1.82, 2.24) is 19.7 Å². The van der Waals surface area contributed by atoms with Crippen LogP contribution >= 0.6 is 0 Å². The largest absolute Gasteiger partial charge is 0.379 e. The van der Waals surface area contributed by atoms with Gasteiger partial charge < -0.3 is 9.64 Å². The van der Waals surface area contributed by atoms with Crippen LogP contribution in [0.3, 0.4) is 0 Å². The lowest BCUT2D eigenvalue weighted by molar-refractivity contribution is 0.0736. The summed E-state index contributed by atoms with van der Waals surface area (Å²) in [5, 5.41) is 5.43. The summed E-state index contributed by atoms with van der Waals surface area (Å²) in [6, 6.07) is 20.0. The van der Waals surface area contributed by atoms with E-state index in [2.05, 4.69) is 34.3 Å². The van der Waals surface area contributed by atoms with Gasteiger partial charge in [-0.15, -0.1) is 0 Å². The summed E-state index contributed by atoms with van der Waals surface area (Å²) in [7, 11) is 0. The number of carbonyl (C=O) groups excluding carboxylic acids is 1. The Morgan fingerprint density at radius 1 is 1.00 bits per heavy atom. The minimum absolute atomic E-state index is 0.0549. The summed E-state index contributed by atoms with van der Waals surface area (Å²) in [6.45, 7) is 3.03. The number of nitrogens with zero attached hydrogens (tertiary/aromatic N) is 4. The van der Waals surface area contributed by atoms with Gasteiger partial charge in [-0.3, -0.25) is 14.5 Å². The van der Waals surface area contributed by atoms with Crippen LogP contribution in [0.1, 0.15) is 21.5 Å². The van der Waals surface area contributed by atoms with Crippen molar-refractivity contribution in [1.29, 1.82) is 0 Å². The second kappa shape index (κ2) is 9.32. The van der Waals surface area contributed by atoms with Crippen LogP contribution in [0.2, 0.25) is 0 Å². The van der Waals surface area contributed by atoms with E-state index in [-0.39, 0.29) is 11.8 Å². The molecule has 1 saturated heterocycles. The second-order valence-corrected chi connectivity index (χ2v) is 8.25. The fraction of sp³-hybridized carbons (Fsp3) is 0.269. The average Bonchev–Trinajstić information content (AvgIpc) is 3.23. The summed E-state index contributed by atoms with van der Waals surface area (Å²) >= 11 is 0. The average molecular weight is 427 g/mol. The van der Waals surface area contributed by atoms with E-state index in [9.17, 15) is 4.79 Å². The topological polar surface area (TPSA) is 60.2 Å². The molecule has 0 radical (unpaired) electrons. The van der Waals surface area contributed by atoms with Gasteiger partial charge in [-0.25, -0.2) is 0 Å². The number of aromatic nitrogens is 3. The Labute approximate surface area is 187 Å². The van der Waals surface area contributed by atoms with Gasteiger partial charge in [-0.1, -0.05) is 42.5 Å². The van der Waals surface area contributed by atoms with Gasteiger partial charge in [0, 0.05) is 48.5 Å². The van der Waals surface area contributed by atoms with E-state index in [1.54, 1.807) is 6.20 Å². The molecule has 3 heterocycles. The molecule has 32 heavy (non-hydrogen) atoms. The van der Waals surface area contributed by atoms with E-state index in [1.807, 2.05) is 58.4 Å². The number of carbonyl (C=O) groups is 1. The highest BCUT2D eigenvalue weighted by molar-refractivity contribution is 5.95. The van der Waals surface area contributed by atoms with E-state index < -0.39 is 0 Å². The SMILES string of the molecule is O=C(c1ccccc1Cn1cccn1)N1CCOC[C@H](Cc2cccc3cccnc23)C1. The maximum absolute atomic E-state index is 13.5. The maximum Gasteiger partial charge on any atom is 0.254 e. The normalized spacial score (nSPS) is 16.8. The Kier molecular flexibility index (Phi) is 5.94. The summed E-state index contributed by atoms with van der Waals surface area (Å²) in [4.78, 5) is 20.1. The molecule has 6 nitrogen and oxygen atoms in total. The highest BCUT2D eigenvalue weighted by Gasteiger charge is 2.25. The Morgan fingerprint density at radius 2 is 1.88 bits per heavy atom. The molecule has 1 amide bonds. The third-order valence-corrected chi connectivity index (χ3v) is 5.99. The molecule has 4 aromatic rings. The van der Waals surface area contributed by atoms with Crippen molar-refractivity contribution in [3.63, 3.8) is 0 Å². The van der Waals surface area contributed by atoms with Gasteiger partial charge in [0.2, 0.25) is 0 Å². The van der Waals surface area contributed by atoms with Crippen LogP contribution in [0.25, 0.3) is 10.9 Å². The highest BCUT2D eigenvalue weighted by Crippen LogP contribution is 2.22. The van der Waals surface area contributed by atoms with Crippen molar-refractivity contribution in [2.45, 2.75) is 13.0 Å². The maximum atomic E-state index is 13.5. The molecule has 0 saturated carbocycles. The van der Waals surface area contributed by atoms with Crippen molar-refractivity contribution in [3.05, 3.63) is 95.9 Å². The lowest BCUT2D eigenvalue weighted by Crippen LogP contribution is -2.37. The number of amides is 1. The summed E-state index contributed by atoms with van der Waals surface area (Å²) in [6.07, 6.45) is 6.33. The van der Waals surface area contributed by atoms with Crippen LogP contribution in [0, 0.1) is 5.92 Å². The fourth-order valence-electron chi connectivity index (χ4n) is 4.44. The molecule has 0 bridgehead atoms. The lowest BCUT2D eigenvalue weighted by Gasteiger charge is -2.25. The molecule has 162 valence electrons. The van der Waals surface area contributed by atoms with Gasteiger partial charge in [0.05, 0.1) is 25.3 Å². The zero-order chi connectivity index (χ0) is 21.8. The van der Waals surface area contributed by atoms with Gasteiger partial charge in [-0.2, -0.15) is 5.10 Å². The minimum Gasteiger partial charge on any atom is -0.379 e. The Balaban J connectivity index is 1.36. The number of pyridine rings is 1. The quantitative estimate of drug-likeness (QED) is 0.487. The van der Waals surface area contributed by atoms with Crippen LogP contribution < -0.4 is 0 Å². The van der Waals surface area contributed by atoms with Crippen LogP contribution in [-0.4, -0.2) is 51.9 Å². The first-order chi connectivity index (χ1) is 15.8. The predicted molar refractivity (Wildman–Crippen MR) is 123 cm³/mol. The van der Waals surface area contributed by atoms with Crippen molar-refractivity contribution in [2.24, 2.45) is 5.92 Å². The van der Waals surface area contributed by atoms with Gasteiger partial charge in [0.15, 0.2) is 0 Å². The highest BCUT2D eigenvalue weighted by atomic mass is 16.5. The molecule has 2 aromatic carbocycles. The molecule has 1 atom stereocenters. The minimum atomic E-state index is 0.0549. The second-order valence-electron chi connectivity index (χ2n) is 8.25. The zero-order valence-corrected chi connectivity index (χ0v) is 17.9. The van der Waals surface area contributed by atoms with E-state index in [4.69, 9.17) is 4.74 Å². The van der Waals surface area contributed by atoms with Crippen LogP contribution in [0.4, 0.5) is 0 Å². The van der Waals surface area contributed by atoms with E-state index in [0.717, 1.165) is 28.5 Å². The van der Waals surface area contributed by atoms with Crippen LogP contribution in [-0.2, 0) is 17.7 Å². The number of hydrogen-bond acceptors (Lipinski definition) is 4. The third kappa shape index (κ3) is 4.41. The summed E-state index contributed by atoms with van der Waals surface area (Å²) in [5.74, 6) is 0.270. The third-order valence-electron chi connectivity index (χ3n) is 5.99. The molecule has 1 aliphatic heterocycles. The number of para-hydroxylation sites is 1. The fourth-order valence-corrected chi connectivity index (χ4v) is 4.44. The molecule has 1 aliphatic rings. The number of rotatable bonds is 5. The zero-order valence-electron chi connectivity index (χ0n) is 17.9. The lowest BCUT2D eigenvalue weighted by atomic mass is 9.97. The van der Waals surface area contributed by atoms with E-state index in [1.165, 1.54) is 5.56 Å². The van der Waals surface area contributed by atoms with Gasteiger partial charge in [0.25, 0.3) is 5.91 Å². The van der Waals surface area contributed by atoms with Crippen molar-refractivity contribution < 1.29 is 9.53 Å². The molecule has 0 unspecified atom stereocenters. The van der Waals surface area contributed by atoms with Crippen LogP contribution in [0.5, 0.6) is 0 Å². The summed E-state index contributed by atoms with van der Waals surface area (Å²) < 4.78 is 7.74. The van der Waals surface area contributed by atoms with E-state index >= 15 is 0 Å². The molecule has 1 fully saturated rings. The number of hydrogen-bond donors (Lipinski definition) is 0. The Hall–Kier alpha value is -3.51. The Bertz CT molecular complexity index is 1200. The molecule has 6 heteroatoms. The first kappa shape index (κ1) is 20.4. The van der Waals surface area contributed by atoms with Crippen molar-refractivity contribution in [3.8, 4) is 0 Å². The van der Waals surface area contributed by atoms with Gasteiger partial charge in [0.1, 0.15) is 0 Å². The first-order valence-corrected chi connectivity index (χ1v) is 11.0. The number of fused-ring (bicyclic) bond motifs is 1. The van der Waals surface area contributed by atoms with Crippen molar-refractivity contribution in [2.75, 3.05) is 26.3 Å². The smallest absolute Gasteiger partial charge is 0.254 e. The molecule has 0 N–H and O–H groups in total. The standard InChI is InChI=1S/C26H26N4O2/c31-26(24-10-2-1-6-23(24)18-30-13-5-12-28-30)29-14-15-32-19-20(17-29)16-22-8-3-7-21-9-4-11-27-25(21)22/h1-13,20H,14-19H2/t20-/m1/s1. The predicted octanol–water partition coefficient (Wildman–Crippen LogP) is 3.81. The monoisotopic (exact) mass is 426 g/mol. The molecular formula is C26H26N4O2. The number of ether oxygens (including phenoxy) is 1. The molecule has 0 aliphatic carbocycles. The van der Waals surface area contributed by atoms with Gasteiger partial charge in [-0.05, 0) is 35.7 Å². The number of benzene rings is 2. The van der Waals surface area contributed by atoms with E-state index in [0.29, 0.717) is 32.8 Å².